The Morgan fingerprint density at radius 2 is 2.24 bits per heavy atom. The van der Waals surface area contributed by atoms with Gasteiger partial charge in [0.05, 0.1) is 11.4 Å². The van der Waals surface area contributed by atoms with E-state index in [0.717, 1.165) is 24.3 Å². The number of aromatic nitrogens is 1. The second-order valence-electron chi connectivity index (χ2n) is 4.45. The van der Waals surface area contributed by atoms with Crippen molar-refractivity contribution in [1.29, 1.82) is 0 Å². The molecule has 0 saturated carbocycles. The maximum Gasteiger partial charge on any atom is 0.116 e. The number of nitrogens with zero attached hydrogens (tertiary/aromatic N) is 2. The van der Waals surface area contributed by atoms with Crippen molar-refractivity contribution in [3.63, 3.8) is 0 Å². The van der Waals surface area contributed by atoms with E-state index in [0.29, 0.717) is 6.04 Å². The van der Waals surface area contributed by atoms with E-state index in [1.807, 2.05) is 12.4 Å². The van der Waals surface area contributed by atoms with Crippen LogP contribution < -0.4 is 10.2 Å². The lowest BCUT2D eigenvalue weighted by molar-refractivity contribution is 0.568. The molecule has 1 atom stereocenters. The first kappa shape index (κ1) is 10.2. The largest absolute Gasteiger partial charge is 0.468 e. The van der Waals surface area contributed by atoms with E-state index in [9.17, 15) is 0 Å². The molecule has 0 spiro atoms. The van der Waals surface area contributed by atoms with Crippen LogP contribution in [-0.2, 0) is 6.42 Å². The number of fused-ring (bicyclic) bond motifs is 1. The lowest BCUT2D eigenvalue weighted by atomic mass is 10.0. The molecule has 0 aliphatic carbocycles. The number of pyridine rings is 1. The topological polar surface area (TPSA) is 41.3 Å². The molecule has 0 radical (unpaired) electrons. The van der Waals surface area contributed by atoms with E-state index in [-0.39, 0.29) is 0 Å². The first-order chi connectivity index (χ1) is 8.33. The summed E-state index contributed by atoms with van der Waals surface area (Å²) in [6, 6.07) is 4.53. The van der Waals surface area contributed by atoms with Gasteiger partial charge in [0, 0.05) is 32.0 Å². The normalized spacial score (nSPS) is 18.6. The first-order valence-electron chi connectivity index (χ1n) is 5.75. The molecule has 17 heavy (non-hydrogen) atoms. The average molecular weight is 229 g/mol. The van der Waals surface area contributed by atoms with Gasteiger partial charge in [0.2, 0.25) is 0 Å². The molecule has 1 aliphatic heterocycles. The lowest BCUT2D eigenvalue weighted by Crippen LogP contribution is -2.40. The molecule has 4 heteroatoms. The maximum atomic E-state index is 5.22. The molecule has 0 saturated heterocycles. The Morgan fingerprint density at radius 1 is 1.41 bits per heavy atom. The van der Waals surface area contributed by atoms with Crippen molar-refractivity contribution in [3.05, 3.63) is 42.6 Å². The summed E-state index contributed by atoms with van der Waals surface area (Å²) in [6.07, 6.45) is 8.23. The van der Waals surface area contributed by atoms with Crippen molar-refractivity contribution in [3.8, 4) is 0 Å². The Bertz CT molecular complexity index is 494. The van der Waals surface area contributed by atoms with E-state index < -0.39 is 0 Å². The number of hydrogen-bond donors (Lipinski definition) is 1. The van der Waals surface area contributed by atoms with Gasteiger partial charge in [0.15, 0.2) is 0 Å². The second kappa shape index (κ2) is 4.13. The Kier molecular flexibility index (Phi) is 2.48. The lowest BCUT2D eigenvalue weighted by Gasteiger charge is -2.32. The summed E-state index contributed by atoms with van der Waals surface area (Å²) in [5.74, 6) is 0. The van der Waals surface area contributed by atoms with Crippen LogP contribution in [0.4, 0.5) is 11.4 Å². The highest BCUT2D eigenvalue weighted by molar-refractivity contribution is 5.70. The van der Waals surface area contributed by atoms with Crippen LogP contribution in [0.3, 0.4) is 0 Å². The zero-order chi connectivity index (χ0) is 11.7. The van der Waals surface area contributed by atoms with Crippen LogP contribution in [0.2, 0.25) is 0 Å². The Morgan fingerprint density at radius 3 is 3.06 bits per heavy atom. The third-order valence-corrected chi connectivity index (χ3v) is 3.14. The molecule has 1 N–H and O–H groups in total. The minimum Gasteiger partial charge on any atom is -0.468 e. The maximum absolute atomic E-state index is 5.22. The van der Waals surface area contributed by atoms with Crippen molar-refractivity contribution in [2.45, 2.75) is 12.5 Å². The van der Waals surface area contributed by atoms with Gasteiger partial charge in [-0.15, -0.1) is 0 Å². The SMILES string of the molecule is CN1CC(Cc2ccncc2)Nc2cocc21. The summed E-state index contributed by atoms with van der Waals surface area (Å²) < 4.78 is 5.22. The minimum atomic E-state index is 0.410. The van der Waals surface area contributed by atoms with E-state index in [1.165, 1.54) is 5.56 Å². The number of rotatable bonds is 2. The fourth-order valence-corrected chi connectivity index (χ4v) is 2.31. The third kappa shape index (κ3) is 1.98. The molecule has 3 rings (SSSR count). The number of likely N-dealkylation sites (N-methyl/N-ethyl adjacent to an activating group) is 1. The van der Waals surface area contributed by atoms with Crippen LogP contribution in [0.15, 0.2) is 41.5 Å². The van der Waals surface area contributed by atoms with E-state index in [2.05, 4.69) is 34.4 Å². The molecule has 0 fully saturated rings. The fourth-order valence-electron chi connectivity index (χ4n) is 2.31. The second-order valence-corrected chi connectivity index (χ2v) is 4.45. The van der Waals surface area contributed by atoms with Crippen LogP contribution in [-0.4, -0.2) is 24.6 Å². The molecule has 4 nitrogen and oxygen atoms in total. The van der Waals surface area contributed by atoms with E-state index in [4.69, 9.17) is 4.42 Å². The summed E-state index contributed by atoms with van der Waals surface area (Å²) in [6.45, 7) is 0.981. The van der Waals surface area contributed by atoms with Crippen LogP contribution in [0.25, 0.3) is 0 Å². The summed E-state index contributed by atoms with van der Waals surface area (Å²) in [4.78, 5) is 6.26. The van der Waals surface area contributed by atoms with Gasteiger partial charge in [-0.05, 0) is 24.1 Å². The number of furan rings is 1. The van der Waals surface area contributed by atoms with Crippen molar-refractivity contribution in [1.82, 2.24) is 4.98 Å². The standard InChI is InChI=1S/C13H15N3O/c1-16-7-11(6-10-2-4-14-5-3-10)15-12-8-17-9-13(12)16/h2-5,8-9,11,15H,6-7H2,1H3. The summed E-state index contributed by atoms with van der Waals surface area (Å²) >= 11 is 0. The van der Waals surface area contributed by atoms with Gasteiger partial charge < -0.3 is 14.6 Å². The van der Waals surface area contributed by atoms with Crippen LogP contribution in [0, 0.1) is 0 Å². The van der Waals surface area contributed by atoms with Gasteiger partial charge in [-0.1, -0.05) is 0 Å². The summed E-state index contributed by atoms with van der Waals surface area (Å²) in [7, 11) is 2.09. The predicted octanol–water partition coefficient (Wildman–Crippen LogP) is 2.15. The van der Waals surface area contributed by atoms with Crippen molar-refractivity contribution in [2.75, 3.05) is 23.8 Å². The first-order valence-corrected chi connectivity index (χ1v) is 5.75. The Hall–Kier alpha value is -1.97. The molecule has 88 valence electrons. The number of anilines is 2. The third-order valence-electron chi connectivity index (χ3n) is 3.14. The monoisotopic (exact) mass is 229 g/mol. The molecule has 0 bridgehead atoms. The molecule has 1 unspecified atom stereocenters. The van der Waals surface area contributed by atoms with Gasteiger partial charge >= 0.3 is 0 Å². The van der Waals surface area contributed by atoms with Crippen molar-refractivity contribution in [2.24, 2.45) is 0 Å². The molecular formula is C13H15N3O. The zero-order valence-electron chi connectivity index (χ0n) is 9.76. The van der Waals surface area contributed by atoms with Crippen LogP contribution in [0.5, 0.6) is 0 Å². The number of nitrogens with one attached hydrogen (secondary N) is 1. The molecule has 2 aromatic heterocycles. The highest BCUT2D eigenvalue weighted by atomic mass is 16.3. The van der Waals surface area contributed by atoms with E-state index in [1.54, 1.807) is 12.5 Å². The van der Waals surface area contributed by atoms with Gasteiger partial charge in [-0.3, -0.25) is 4.98 Å². The highest BCUT2D eigenvalue weighted by Gasteiger charge is 2.22. The molecular weight excluding hydrogens is 214 g/mol. The highest BCUT2D eigenvalue weighted by Crippen LogP contribution is 2.31. The molecule has 0 aromatic carbocycles. The smallest absolute Gasteiger partial charge is 0.116 e. The number of hydrogen-bond acceptors (Lipinski definition) is 4. The Labute approximate surface area is 100 Å². The quantitative estimate of drug-likeness (QED) is 0.856. The van der Waals surface area contributed by atoms with Gasteiger partial charge in [0.25, 0.3) is 0 Å². The molecule has 2 aromatic rings. The Balaban J connectivity index is 1.76. The molecule has 3 heterocycles. The average Bonchev–Trinajstić information content (AvgIpc) is 2.79. The fraction of sp³-hybridized carbons (Fsp3) is 0.308. The predicted molar refractivity (Wildman–Crippen MR) is 67.3 cm³/mol. The van der Waals surface area contributed by atoms with E-state index >= 15 is 0 Å². The zero-order valence-corrected chi connectivity index (χ0v) is 9.76. The van der Waals surface area contributed by atoms with Crippen molar-refractivity contribution >= 4 is 11.4 Å². The minimum absolute atomic E-state index is 0.410. The van der Waals surface area contributed by atoms with Crippen LogP contribution >= 0.6 is 0 Å². The summed E-state index contributed by atoms with van der Waals surface area (Å²) in [5.41, 5.74) is 3.52. The van der Waals surface area contributed by atoms with Crippen LogP contribution in [0.1, 0.15) is 5.56 Å². The van der Waals surface area contributed by atoms with Gasteiger partial charge in [-0.2, -0.15) is 0 Å². The van der Waals surface area contributed by atoms with Gasteiger partial charge in [0.1, 0.15) is 12.5 Å². The van der Waals surface area contributed by atoms with Crippen molar-refractivity contribution < 1.29 is 4.42 Å². The summed E-state index contributed by atoms with van der Waals surface area (Å²) in [5, 5.41) is 3.50. The molecule has 1 aliphatic rings. The molecule has 0 amide bonds. The van der Waals surface area contributed by atoms with Gasteiger partial charge in [-0.25, -0.2) is 0 Å².